The Morgan fingerprint density at radius 2 is 2.00 bits per heavy atom. The Hall–Kier alpha value is -2.50. The number of amides is 1. The van der Waals surface area contributed by atoms with Crippen LogP contribution in [0.4, 0.5) is 15.9 Å². The van der Waals surface area contributed by atoms with Gasteiger partial charge in [-0.25, -0.2) is 9.97 Å². The van der Waals surface area contributed by atoms with E-state index in [-0.39, 0.29) is 5.69 Å². The maximum Gasteiger partial charge on any atom is 0.274 e. The number of rotatable bonds is 3. The minimum Gasteiger partial charge on any atom is -0.355 e. The number of hydrogen-bond donors (Lipinski definition) is 1. The average Bonchev–Trinajstić information content (AvgIpc) is 3.02. The summed E-state index contributed by atoms with van der Waals surface area (Å²) in [6.07, 6.45) is 3.94. The maximum absolute atomic E-state index is 13.1. The lowest BCUT2D eigenvalue weighted by molar-refractivity contribution is 0.102. The van der Waals surface area contributed by atoms with Crippen molar-refractivity contribution in [3.05, 3.63) is 48.2 Å². The number of hydrogen-bond acceptors (Lipinski definition) is 4. The number of carbonyl (C=O) groups excluding carboxylic acids is 1. The molecule has 1 fully saturated rings. The van der Waals surface area contributed by atoms with Crippen molar-refractivity contribution in [2.45, 2.75) is 12.8 Å². The molecule has 0 atom stereocenters. The molecule has 0 aliphatic carbocycles. The van der Waals surface area contributed by atoms with E-state index in [1.165, 1.54) is 18.2 Å². The summed E-state index contributed by atoms with van der Waals surface area (Å²) in [6.45, 7) is 1.86. The normalized spacial score (nSPS) is 14.2. The van der Waals surface area contributed by atoms with Crippen LogP contribution in [0.1, 0.15) is 23.3 Å². The summed E-state index contributed by atoms with van der Waals surface area (Å²) in [5, 5.41) is 2.76. The van der Waals surface area contributed by atoms with E-state index in [4.69, 9.17) is 0 Å². The van der Waals surface area contributed by atoms with Gasteiger partial charge < -0.3 is 10.2 Å². The molecule has 0 aromatic carbocycles. The van der Waals surface area contributed by atoms with Crippen molar-refractivity contribution in [3.8, 4) is 0 Å². The van der Waals surface area contributed by atoms with Gasteiger partial charge in [0.25, 0.3) is 5.91 Å². The Kier molecular flexibility index (Phi) is 3.77. The molecule has 21 heavy (non-hydrogen) atoms. The highest BCUT2D eigenvalue weighted by Crippen LogP contribution is 2.26. The molecule has 0 saturated carbocycles. The fourth-order valence-corrected chi connectivity index (χ4v) is 2.40. The maximum atomic E-state index is 13.1. The molecule has 1 amide bonds. The van der Waals surface area contributed by atoms with Crippen LogP contribution in [0.5, 0.6) is 0 Å². The molecule has 0 radical (unpaired) electrons. The first-order valence-electron chi connectivity index (χ1n) is 6.88. The molecule has 108 valence electrons. The first-order chi connectivity index (χ1) is 10.2. The Labute approximate surface area is 121 Å². The lowest BCUT2D eigenvalue weighted by Gasteiger charge is -2.19. The van der Waals surface area contributed by atoms with Crippen LogP contribution in [0, 0.1) is 5.95 Å². The summed E-state index contributed by atoms with van der Waals surface area (Å²) in [4.78, 5) is 22.2. The fraction of sp³-hybridized carbons (Fsp3) is 0.267. The zero-order chi connectivity index (χ0) is 14.7. The van der Waals surface area contributed by atoms with E-state index in [1.54, 1.807) is 18.3 Å². The summed E-state index contributed by atoms with van der Waals surface area (Å²) < 4.78 is 13.1. The SMILES string of the molecule is O=C(Nc1cccnc1N1CCCC1)c1cccc(F)n1. The molecule has 1 saturated heterocycles. The van der Waals surface area contributed by atoms with Gasteiger partial charge in [0.15, 0.2) is 5.82 Å². The van der Waals surface area contributed by atoms with Gasteiger partial charge in [0, 0.05) is 19.3 Å². The van der Waals surface area contributed by atoms with Gasteiger partial charge in [0.2, 0.25) is 5.95 Å². The largest absolute Gasteiger partial charge is 0.355 e. The minimum atomic E-state index is -0.673. The number of halogens is 1. The van der Waals surface area contributed by atoms with E-state index in [2.05, 4.69) is 20.2 Å². The van der Waals surface area contributed by atoms with Gasteiger partial charge >= 0.3 is 0 Å². The standard InChI is InChI=1S/C15H15FN4O/c16-13-7-3-5-12(18-13)15(21)19-11-6-4-8-17-14(11)20-9-1-2-10-20/h3-8H,1-2,9-10H2,(H,19,21). The highest BCUT2D eigenvalue weighted by atomic mass is 19.1. The molecule has 2 aromatic rings. The Morgan fingerprint density at radius 3 is 2.76 bits per heavy atom. The van der Waals surface area contributed by atoms with Gasteiger partial charge in [-0.1, -0.05) is 6.07 Å². The number of nitrogens with zero attached hydrogens (tertiary/aromatic N) is 3. The van der Waals surface area contributed by atoms with E-state index in [9.17, 15) is 9.18 Å². The number of aromatic nitrogens is 2. The van der Waals surface area contributed by atoms with E-state index in [1.807, 2.05) is 0 Å². The second-order valence-corrected chi connectivity index (χ2v) is 4.87. The molecule has 3 heterocycles. The van der Waals surface area contributed by atoms with Crippen molar-refractivity contribution in [3.63, 3.8) is 0 Å². The zero-order valence-corrected chi connectivity index (χ0v) is 11.4. The molecule has 0 bridgehead atoms. The van der Waals surface area contributed by atoms with Crippen LogP contribution in [-0.4, -0.2) is 29.0 Å². The summed E-state index contributed by atoms with van der Waals surface area (Å²) in [5.74, 6) is -0.365. The van der Waals surface area contributed by atoms with Crippen LogP contribution < -0.4 is 10.2 Å². The van der Waals surface area contributed by atoms with Crippen molar-refractivity contribution >= 4 is 17.4 Å². The Balaban J connectivity index is 1.83. The Bertz CT molecular complexity index is 656. The van der Waals surface area contributed by atoms with Crippen LogP contribution >= 0.6 is 0 Å². The monoisotopic (exact) mass is 286 g/mol. The topological polar surface area (TPSA) is 58.1 Å². The van der Waals surface area contributed by atoms with E-state index in [0.717, 1.165) is 31.7 Å². The molecular weight excluding hydrogens is 271 g/mol. The van der Waals surface area contributed by atoms with Crippen molar-refractivity contribution in [2.24, 2.45) is 0 Å². The third-order valence-corrected chi connectivity index (χ3v) is 3.39. The highest BCUT2D eigenvalue weighted by molar-refractivity contribution is 6.04. The van der Waals surface area contributed by atoms with Crippen LogP contribution in [0.3, 0.4) is 0 Å². The predicted molar refractivity (Wildman–Crippen MR) is 77.8 cm³/mol. The summed E-state index contributed by atoms with van der Waals surface area (Å²) >= 11 is 0. The van der Waals surface area contributed by atoms with Crippen LogP contribution in [0.15, 0.2) is 36.5 Å². The molecule has 0 unspecified atom stereocenters. The molecule has 6 heteroatoms. The second-order valence-electron chi connectivity index (χ2n) is 4.87. The number of nitrogens with one attached hydrogen (secondary N) is 1. The van der Waals surface area contributed by atoms with E-state index in [0.29, 0.717) is 5.69 Å². The molecule has 0 spiro atoms. The highest BCUT2D eigenvalue weighted by Gasteiger charge is 2.18. The van der Waals surface area contributed by atoms with Gasteiger partial charge in [-0.3, -0.25) is 4.79 Å². The summed E-state index contributed by atoms with van der Waals surface area (Å²) in [5.41, 5.74) is 0.668. The van der Waals surface area contributed by atoms with Crippen molar-refractivity contribution in [1.29, 1.82) is 0 Å². The second kappa shape index (κ2) is 5.87. The van der Waals surface area contributed by atoms with Crippen LogP contribution in [0.2, 0.25) is 0 Å². The van der Waals surface area contributed by atoms with Crippen molar-refractivity contribution in [2.75, 3.05) is 23.3 Å². The lowest BCUT2D eigenvalue weighted by atomic mass is 10.3. The van der Waals surface area contributed by atoms with Gasteiger partial charge in [0.05, 0.1) is 5.69 Å². The first kappa shape index (κ1) is 13.5. The number of anilines is 2. The predicted octanol–water partition coefficient (Wildman–Crippen LogP) is 2.47. The van der Waals surface area contributed by atoms with Gasteiger partial charge in [-0.15, -0.1) is 0 Å². The summed E-state index contributed by atoms with van der Waals surface area (Å²) in [6, 6.07) is 7.69. The van der Waals surface area contributed by atoms with E-state index >= 15 is 0 Å². The third kappa shape index (κ3) is 2.99. The number of pyridine rings is 2. The van der Waals surface area contributed by atoms with E-state index < -0.39 is 11.9 Å². The molecule has 1 N–H and O–H groups in total. The fourth-order valence-electron chi connectivity index (χ4n) is 2.40. The summed E-state index contributed by atoms with van der Waals surface area (Å²) in [7, 11) is 0. The zero-order valence-electron chi connectivity index (χ0n) is 11.4. The quantitative estimate of drug-likeness (QED) is 0.881. The first-order valence-corrected chi connectivity index (χ1v) is 6.88. The van der Waals surface area contributed by atoms with Gasteiger partial charge in [-0.2, -0.15) is 4.39 Å². The van der Waals surface area contributed by atoms with Crippen molar-refractivity contribution < 1.29 is 9.18 Å². The van der Waals surface area contributed by atoms with Crippen LogP contribution in [0.25, 0.3) is 0 Å². The minimum absolute atomic E-state index is 0.0474. The lowest BCUT2D eigenvalue weighted by Crippen LogP contribution is -2.22. The molecular formula is C15H15FN4O. The van der Waals surface area contributed by atoms with Gasteiger partial charge in [0.1, 0.15) is 5.69 Å². The van der Waals surface area contributed by atoms with Crippen molar-refractivity contribution in [1.82, 2.24) is 9.97 Å². The average molecular weight is 286 g/mol. The third-order valence-electron chi connectivity index (χ3n) is 3.39. The molecule has 1 aliphatic rings. The van der Waals surface area contributed by atoms with Gasteiger partial charge in [-0.05, 0) is 37.1 Å². The van der Waals surface area contributed by atoms with Crippen LogP contribution in [-0.2, 0) is 0 Å². The molecule has 3 rings (SSSR count). The smallest absolute Gasteiger partial charge is 0.274 e. The molecule has 1 aliphatic heterocycles. The molecule has 5 nitrogen and oxygen atoms in total. The molecule has 2 aromatic heterocycles. The number of carbonyl (C=O) groups is 1. The Morgan fingerprint density at radius 1 is 1.19 bits per heavy atom.